The number of anilines is 2. The second-order valence-corrected chi connectivity index (χ2v) is 8.54. The summed E-state index contributed by atoms with van der Waals surface area (Å²) in [6.07, 6.45) is 1.55. The minimum Gasteiger partial charge on any atom is -0.495 e. The molecule has 0 amide bonds. The lowest BCUT2D eigenvalue weighted by atomic mass is 10.1. The van der Waals surface area contributed by atoms with Gasteiger partial charge in [-0.15, -0.1) is 0 Å². The van der Waals surface area contributed by atoms with Crippen LogP contribution in [0, 0.1) is 13.8 Å². The molecule has 2 heterocycles. The van der Waals surface area contributed by atoms with E-state index >= 15 is 0 Å². The third-order valence-corrected chi connectivity index (χ3v) is 6.30. The normalized spacial score (nSPS) is 15.6. The molecule has 8 heteroatoms. The highest BCUT2D eigenvalue weighted by atomic mass is 32.2. The number of hydrogen-bond donors (Lipinski definition) is 1. The monoisotopic (exact) mass is 390 g/mol. The average Bonchev–Trinajstić information content (AvgIpc) is 2.64. The number of methoxy groups -OCH3 is 1. The second kappa shape index (κ2) is 7.74. The van der Waals surface area contributed by atoms with Crippen molar-refractivity contribution in [1.82, 2.24) is 9.88 Å². The zero-order chi connectivity index (χ0) is 19.6. The molecule has 0 radical (unpaired) electrons. The first kappa shape index (κ1) is 19.4. The summed E-state index contributed by atoms with van der Waals surface area (Å²) in [6.45, 7) is 7.59. The largest absolute Gasteiger partial charge is 0.495 e. The molecule has 2 aromatic rings. The van der Waals surface area contributed by atoms with Crippen molar-refractivity contribution in [3.63, 3.8) is 0 Å². The van der Waals surface area contributed by atoms with Gasteiger partial charge in [-0.25, -0.2) is 13.4 Å². The van der Waals surface area contributed by atoms with Gasteiger partial charge in [-0.2, -0.15) is 0 Å². The van der Waals surface area contributed by atoms with Crippen molar-refractivity contribution >= 4 is 21.5 Å². The quantitative estimate of drug-likeness (QED) is 0.844. The van der Waals surface area contributed by atoms with Crippen LogP contribution in [0.25, 0.3) is 0 Å². The molecule has 0 saturated carbocycles. The first-order chi connectivity index (χ1) is 12.8. The summed E-state index contributed by atoms with van der Waals surface area (Å²) in [7, 11) is -0.207. The molecule has 146 valence electrons. The van der Waals surface area contributed by atoms with Gasteiger partial charge in [0.1, 0.15) is 16.5 Å². The highest BCUT2D eigenvalue weighted by molar-refractivity contribution is 7.92. The number of aryl methyl sites for hydroxylation is 2. The van der Waals surface area contributed by atoms with Gasteiger partial charge in [0.2, 0.25) is 0 Å². The first-order valence-electron chi connectivity index (χ1n) is 8.88. The maximum absolute atomic E-state index is 12.8. The number of rotatable bonds is 5. The molecule has 1 aromatic carbocycles. The molecule has 3 rings (SSSR count). The van der Waals surface area contributed by atoms with E-state index in [4.69, 9.17) is 4.74 Å². The van der Waals surface area contributed by atoms with E-state index in [1.165, 1.54) is 7.11 Å². The van der Waals surface area contributed by atoms with Gasteiger partial charge in [-0.3, -0.25) is 4.72 Å². The van der Waals surface area contributed by atoms with Crippen molar-refractivity contribution in [3.05, 3.63) is 41.6 Å². The third kappa shape index (κ3) is 4.33. The van der Waals surface area contributed by atoms with Crippen LogP contribution in [-0.4, -0.2) is 58.6 Å². The van der Waals surface area contributed by atoms with E-state index < -0.39 is 10.0 Å². The number of nitrogens with zero attached hydrogens (tertiary/aromatic N) is 3. The number of sulfonamides is 1. The van der Waals surface area contributed by atoms with E-state index in [0.717, 1.165) is 43.1 Å². The van der Waals surface area contributed by atoms with Gasteiger partial charge in [-0.05, 0) is 56.3 Å². The average molecular weight is 391 g/mol. The molecule has 27 heavy (non-hydrogen) atoms. The number of aromatic nitrogens is 1. The van der Waals surface area contributed by atoms with Gasteiger partial charge in [0, 0.05) is 26.2 Å². The summed E-state index contributed by atoms with van der Waals surface area (Å²) in [6, 6.07) is 6.95. The smallest absolute Gasteiger partial charge is 0.265 e. The Kier molecular flexibility index (Phi) is 5.57. The van der Waals surface area contributed by atoms with Gasteiger partial charge in [0.15, 0.2) is 0 Å². The number of likely N-dealkylation sites (N-methyl/N-ethyl adjacent to an activating group) is 1. The fourth-order valence-electron chi connectivity index (χ4n) is 3.01. The molecular weight excluding hydrogens is 364 g/mol. The van der Waals surface area contributed by atoms with Crippen molar-refractivity contribution in [2.75, 3.05) is 50.0 Å². The Labute approximate surface area is 161 Å². The summed E-state index contributed by atoms with van der Waals surface area (Å²) < 4.78 is 33.5. The number of ether oxygens (including phenoxy) is 1. The summed E-state index contributed by atoms with van der Waals surface area (Å²) >= 11 is 0. The van der Waals surface area contributed by atoms with Gasteiger partial charge in [-0.1, -0.05) is 0 Å². The fraction of sp³-hybridized carbons (Fsp3) is 0.421. The molecule has 0 atom stereocenters. The molecule has 1 saturated heterocycles. The lowest BCUT2D eigenvalue weighted by Crippen LogP contribution is -2.44. The predicted molar refractivity (Wildman–Crippen MR) is 107 cm³/mol. The van der Waals surface area contributed by atoms with Gasteiger partial charge < -0.3 is 14.5 Å². The molecule has 1 aliphatic heterocycles. The summed E-state index contributed by atoms with van der Waals surface area (Å²) in [5.74, 6) is 1.18. The molecule has 0 bridgehead atoms. The topological polar surface area (TPSA) is 74.8 Å². The van der Waals surface area contributed by atoms with Crippen LogP contribution in [0.15, 0.2) is 35.4 Å². The van der Waals surface area contributed by atoms with Crippen molar-refractivity contribution in [2.45, 2.75) is 18.7 Å². The van der Waals surface area contributed by atoms with Crippen molar-refractivity contribution in [1.29, 1.82) is 0 Å². The number of pyridine rings is 1. The molecule has 0 aliphatic carbocycles. The SMILES string of the molecule is COc1cc(C)c(C)cc1S(=O)(=O)Nc1ccc(N2CCN(C)CC2)nc1. The highest BCUT2D eigenvalue weighted by Gasteiger charge is 2.21. The number of benzene rings is 1. The van der Waals surface area contributed by atoms with E-state index in [9.17, 15) is 8.42 Å². The molecule has 0 unspecified atom stereocenters. The van der Waals surface area contributed by atoms with Gasteiger partial charge in [0.25, 0.3) is 10.0 Å². The Morgan fingerprint density at radius 2 is 1.74 bits per heavy atom. The number of piperazine rings is 1. The van der Waals surface area contributed by atoms with Gasteiger partial charge >= 0.3 is 0 Å². The lowest BCUT2D eigenvalue weighted by molar-refractivity contribution is 0.312. The summed E-state index contributed by atoms with van der Waals surface area (Å²) in [4.78, 5) is 9.02. The Morgan fingerprint density at radius 3 is 2.33 bits per heavy atom. The van der Waals surface area contributed by atoms with E-state index in [-0.39, 0.29) is 4.90 Å². The zero-order valence-corrected chi connectivity index (χ0v) is 17.0. The van der Waals surface area contributed by atoms with Crippen LogP contribution in [0.1, 0.15) is 11.1 Å². The first-order valence-corrected chi connectivity index (χ1v) is 10.4. The molecule has 1 fully saturated rings. The predicted octanol–water partition coefficient (Wildman–Crippen LogP) is 2.26. The number of hydrogen-bond acceptors (Lipinski definition) is 6. The maximum Gasteiger partial charge on any atom is 0.265 e. The van der Waals surface area contributed by atoms with Crippen LogP contribution in [0.3, 0.4) is 0 Å². The van der Waals surface area contributed by atoms with Crippen LogP contribution in [-0.2, 0) is 10.0 Å². The van der Waals surface area contributed by atoms with Crippen LogP contribution in [0.4, 0.5) is 11.5 Å². The molecule has 1 aromatic heterocycles. The zero-order valence-electron chi connectivity index (χ0n) is 16.2. The fourth-order valence-corrected chi connectivity index (χ4v) is 4.29. The lowest BCUT2D eigenvalue weighted by Gasteiger charge is -2.33. The maximum atomic E-state index is 12.8. The Morgan fingerprint density at radius 1 is 1.07 bits per heavy atom. The Balaban J connectivity index is 1.79. The number of nitrogens with one attached hydrogen (secondary N) is 1. The molecular formula is C19H26N4O3S. The van der Waals surface area contributed by atoms with Gasteiger partial charge in [0.05, 0.1) is 19.0 Å². The molecule has 0 spiro atoms. The van der Waals surface area contributed by atoms with Crippen LogP contribution >= 0.6 is 0 Å². The van der Waals surface area contributed by atoms with Crippen LogP contribution < -0.4 is 14.4 Å². The molecule has 7 nitrogen and oxygen atoms in total. The van der Waals surface area contributed by atoms with E-state index in [0.29, 0.717) is 11.4 Å². The van der Waals surface area contributed by atoms with Crippen molar-refractivity contribution in [2.24, 2.45) is 0 Å². The standard InChI is InChI=1S/C19H26N4O3S/c1-14-11-17(26-4)18(12-15(14)2)27(24,25)21-16-5-6-19(20-13-16)23-9-7-22(3)8-10-23/h5-6,11-13,21H,7-10H2,1-4H3. The van der Waals surface area contributed by atoms with Crippen LogP contribution in [0.2, 0.25) is 0 Å². The van der Waals surface area contributed by atoms with Crippen molar-refractivity contribution < 1.29 is 13.2 Å². The van der Waals surface area contributed by atoms with E-state index in [1.54, 1.807) is 24.4 Å². The summed E-state index contributed by atoms with van der Waals surface area (Å²) in [5, 5.41) is 0. The second-order valence-electron chi connectivity index (χ2n) is 6.89. The Hall–Kier alpha value is -2.32. The summed E-state index contributed by atoms with van der Waals surface area (Å²) in [5.41, 5.74) is 2.29. The van der Waals surface area contributed by atoms with E-state index in [2.05, 4.69) is 26.6 Å². The third-order valence-electron chi connectivity index (χ3n) is 4.90. The highest BCUT2D eigenvalue weighted by Crippen LogP contribution is 2.29. The molecule has 1 aliphatic rings. The Bertz CT molecular complexity index is 905. The van der Waals surface area contributed by atoms with Crippen molar-refractivity contribution in [3.8, 4) is 5.75 Å². The molecule has 1 N–H and O–H groups in total. The minimum absolute atomic E-state index is 0.122. The van der Waals surface area contributed by atoms with E-state index in [1.807, 2.05) is 19.9 Å². The van der Waals surface area contributed by atoms with Crippen LogP contribution in [0.5, 0.6) is 5.75 Å². The minimum atomic E-state index is -3.78.